The van der Waals surface area contributed by atoms with Gasteiger partial charge in [0.25, 0.3) is 0 Å². The van der Waals surface area contributed by atoms with Gasteiger partial charge in [0.2, 0.25) is 11.8 Å². The monoisotopic (exact) mass is 466 g/mol. The highest BCUT2D eigenvalue weighted by atomic mass is 35.5. The standard InChI is InChI=1S/C23H28Cl2N2O4/c1-30-20-12-10-16(14-18(20)24)26-22(28)8-6-4-3-5-7-9-23(29)27-17-11-13-21(31-2)19(25)15-17/h10-15H,3-9H2,1-2H3,(H,26,28)(H,27,29). The van der Waals surface area contributed by atoms with Crippen LogP contribution in [-0.2, 0) is 9.59 Å². The van der Waals surface area contributed by atoms with Gasteiger partial charge in [-0.15, -0.1) is 0 Å². The topological polar surface area (TPSA) is 76.7 Å². The Kier molecular flexibility index (Phi) is 10.5. The van der Waals surface area contributed by atoms with Crippen LogP contribution < -0.4 is 20.1 Å². The molecule has 0 bridgehead atoms. The number of ether oxygens (including phenoxy) is 2. The van der Waals surface area contributed by atoms with Crippen molar-refractivity contribution in [3.05, 3.63) is 46.4 Å². The number of methoxy groups -OCH3 is 2. The quantitative estimate of drug-likeness (QED) is 0.358. The zero-order valence-corrected chi connectivity index (χ0v) is 19.3. The third kappa shape index (κ3) is 8.67. The smallest absolute Gasteiger partial charge is 0.224 e. The summed E-state index contributed by atoms with van der Waals surface area (Å²) in [4.78, 5) is 24.1. The molecule has 2 amide bonds. The van der Waals surface area contributed by atoms with Crippen molar-refractivity contribution in [2.75, 3.05) is 24.9 Å². The molecule has 0 spiro atoms. The highest BCUT2D eigenvalue weighted by molar-refractivity contribution is 6.32. The number of halogens is 2. The van der Waals surface area contributed by atoms with Gasteiger partial charge < -0.3 is 20.1 Å². The molecule has 2 aromatic rings. The average Bonchev–Trinajstić information content (AvgIpc) is 2.73. The second-order valence-corrected chi connectivity index (χ2v) is 7.88. The van der Waals surface area contributed by atoms with Crippen LogP contribution in [0.15, 0.2) is 36.4 Å². The van der Waals surface area contributed by atoms with Gasteiger partial charge in [-0.2, -0.15) is 0 Å². The van der Waals surface area contributed by atoms with E-state index in [1.165, 1.54) is 0 Å². The Morgan fingerprint density at radius 3 is 1.45 bits per heavy atom. The fraction of sp³-hybridized carbons (Fsp3) is 0.391. The summed E-state index contributed by atoms with van der Waals surface area (Å²) in [5.41, 5.74) is 1.31. The number of hydrogen-bond acceptors (Lipinski definition) is 4. The van der Waals surface area contributed by atoms with Crippen molar-refractivity contribution in [1.82, 2.24) is 0 Å². The summed E-state index contributed by atoms with van der Waals surface area (Å²) >= 11 is 12.1. The van der Waals surface area contributed by atoms with Gasteiger partial charge in [-0.05, 0) is 49.2 Å². The van der Waals surface area contributed by atoms with Gasteiger partial charge in [-0.3, -0.25) is 9.59 Å². The van der Waals surface area contributed by atoms with E-state index in [0.29, 0.717) is 45.8 Å². The van der Waals surface area contributed by atoms with Crippen LogP contribution >= 0.6 is 23.2 Å². The predicted octanol–water partition coefficient (Wildman–Crippen LogP) is 6.32. The average molecular weight is 467 g/mol. The van der Waals surface area contributed by atoms with Crippen LogP contribution in [0.2, 0.25) is 10.0 Å². The van der Waals surface area contributed by atoms with Crippen molar-refractivity contribution in [3.63, 3.8) is 0 Å². The lowest BCUT2D eigenvalue weighted by atomic mass is 10.1. The number of amides is 2. The second kappa shape index (κ2) is 13.1. The molecule has 0 aliphatic rings. The summed E-state index contributed by atoms with van der Waals surface area (Å²) in [6.45, 7) is 0. The number of carbonyl (C=O) groups is 2. The first-order valence-corrected chi connectivity index (χ1v) is 11.0. The van der Waals surface area contributed by atoms with E-state index in [9.17, 15) is 9.59 Å². The van der Waals surface area contributed by atoms with E-state index in [-0.39, 0.29) is 11.8 Å². The van der Waals surface area contributed by atoms with Gasteiger partial charge >= 0.3 is 0 Å². The van der Waals surface area contributed by atoms with Crippen LogP contribution in [0.25, 0.3) is 0 Å². The molecule has 0 fully saturated rings. The number of carbonyl (C=O) groups excluding carboxylic acids is 2. The number of rotatable bonds is 12. The number of benzene rings is 2. The zero-order chi connectivity index (χ0) is 22.6. The van der Waals surface area contributed by atoms with Gasteiger partial charge in [-0.25, -0.2) is 0 Å². The maximum absolute atomic E-state index is 12.0. The molecule has 0 saturated carbocycles. The van der Waals surface area contributed by atoms with Crippen LogP contribution in [0.4, 0.5) is 11.4 Å². The minimum atomic E-state index is -0.0428. The van der Waals surface area contributed by atoms with Crippen molar-refractivity contribution in [2.24, 2.45) is 0 Å². The number of unbranched alkanes of at least 4 members (excludes halogenated alkanes) is 4. The lowest BCUT2D eigenvalue weighted by Gasteiger charge is -2.08. The molecule has 0 saturated heterocycles. The van der Waals surface area contributed by atoms with E-state index < -0.39 is 0 Å². The zero-order valence-electron chi connectivity index (χ0n) is 17.8. The van der Waals surface area contributed by atoms with Crippen molar-refractivity contribution in [3.8, 4) is 11.5 Å². The SMILES string of the molecule is COc1ccc(NC(=O)CCCCCCCC(=O)Nc2ccc(OC)c(Cl)c2)cc1Cl. The minimum absolute atomic E-state index is 0.0428. The third-order valence-electron chi connectivity index (χ3n) is 4.68. The van der Waals surface area contributed by atoms with Crippen LogP contribution in [0, 0.1) is 0 Å². The fourth-order valence-corrected chi connectivity index (χ4v) is 3.55. The molecule has 2 N–H and O–H groups in total. The maximum atomic E-state index is 12.0. The van der Waals surface area contributed by atoms with Crippen LogP contribution in [0.5, 0.6) is 11.5 Å². The van der Waals surface area contributed by atoms with E-state index in [1.54, 1.807) is 50.6 Å². The Morgan fingerprint density at radius 2 is 1.10 bits per heavy atom. The predicted molar refractivity (Wildman–Crippen MR) is 126 cm³/mol. The van der Waals surface area contributed by atoms with E-state index in [0.717, 1.165) is 32.1 Å². The maximum Gasteiger partial charge on any atom is 0.224 e. The van der Waals surface area contributed by atoms with Gasteiger partial charge in [0, 0.05) is 24.2 Å². The summed E-state index contributed by atoms with van der Waals surface area (Å²) in [6, 6.07) is 10.3. The van der Waals surface area contributed by atoms with E-state index in [4.69, 9.17) is 32.7 Å². The first-order chi connectivity index (χ1) is 14.9. The lowest BCUT2D eigenvalue weighted by Crippen LogP contribution is -2.11. The Hall–Kier alpha value is -2.44. The summed E-state index contributed by atoms with van der Waals surface area (Å²) in [7, 11) is 3.09. The summed E-state index contributed by atoms with van der Waals surface area (Å²) < 4.78 is 10.2. The molecular weight excluding hydrogens is 439 g/mol. The fourth-order valence-electron chi connectivity index (χ4n) is 3.04. The Labute approximate surface area is 193 Å². The molecular formula is C23H28Cl2N2O4. The van der Waals surface area contributed by atoms with Crippen LogP contribution in [0.3, 0.4) is 0 Å². The molecule has 0 aromatic heterocycles. The number of nitrogens with one attached hydrogen (secondary N) is 2. The Morgan fingerprint density at radius 1 is 0.710 bits per heavy atom. The summed E-state index contributed by atoms with van der Waals surface area (Å²) in [6.07, 6.45) is 5.34. The first-order valence-electron chi connectivity index (χ1n) is 10.2. The van der Waals surface area contributed by atoms with Crippen molar-refractivity contribution in [2.45, 2.75) is 44.9 Å². The molecule has 0 unspecified atom stereocenters. The number of hydrogen-bond donors (Lipinski definition) is 2. The molecule has 31 heavy (non-hydrogen) atoms. The molecule has 0 aliphatic heterocycles. The largest absolute Gasteiger partial charge is 0.495 e. The van der Waals surface area contributed by atoms with E-state index in [1.807, 2.05) is 0 Å². The highest BCUT2D eigenvalue weighted by Gasteiger charge is 2.07. The molecule has 168 valence electrons. The minimum Gasteiger partial charge on any atom is -0.495 e. The Bertz CT molecular complexity index is 818. The lowest BCUT2D eigenvalue weighted by molar-refractivity contribution is -0.117. The van der Waals surface area contributed by atoms with Crippen molar-refractivity contribution >= 4 is 46.4 Å². The Balaban J connectivity index is 1.55. The van der Waals surface area contributed by atoms with Gasteiger partial charge in [-0.1, -0.05) is 42.5 Å². The van der Waals surface area contributed by atoms with Crippen LogP contribution in [0.1, 0.15) is 44.9 Å². The molecule has 2 aromatic carbocycles. The van der Waals surface area contributed by atoms with Gasteiger partial charge in [0.15, 0.2) is 0 Å². The summed E-state index contributed by atoms with van der Waals surface area (Å²) in [5, 5.41) is 6.59. The molecule has 0 atom stereocenters. The van der Waals surface area contributed by atoms with Crippen LogP contribution in [-0.4, -0.2) is 26.0 Å². The molecule has 0 aliphatic carbocycles. The molecule has 0 heterocycles. The molecule has 6 nitrogen and oxygen atoms in total. The highest BCUT2D eigenvalue weighted by Crippen LogP contribution is 2.28. The second-order valence-electron chi connectivity index (χ2n) is 7.06. The first kappa shape index (κ1) is 24.8. The van der Waals surface area contributed by atoms with Gasteiger partial charge in [0.05, 0.1) is 24.3 Å². The number of anilines is 2. The summed E-state index contributed by atoms with van der Waals surface area (Å²) in [5.74, 6) is 1.06. The molecule has 8 heteroatoms. The van der Waals surface area contributed by atoms with E-state index in [2.05, 4.69) is 10.6 Å². The molecule has 0 radical (unpaired) electrons. The van der Waals surface area contributed by atoms with Gasteiger partial charge in [0.1, 0.15) is 11.5 Å². The molecule has 2 rings (SSSR count). The van der Waals surface area contributed by atoms with Crippen molar-refractivity contribution in [1.29, 1.82) is 0 Å². The third-order valence-corrected chi connectivity index (χ3v) is 5.27. The normalized spacial score (nSPS) is 10.5. The van der Waals surface area contributed by atoms with Crippen molar-refractivity contribution < 1.29 is 19.1 Å². The van der Waals surface area contributed by atoms with E-state index >= 15 is 0 Å².